The predicted molar refractivity (Wildman–Crippen MR) is 95.6 cm³/mol. The molecule has 2 heterocycles. The van der Waals surface area contributed by atoms with E-state index < -0.39 is 0 Å². The van der Waals surface area contributed by atoms with Gasteiger partial charge in [0.2, 0.25) is 0 Å². The Morgan fingerprint density at radius 2 is 1.96 bits per heavy atom. The smallest absolute Gasteiger partial charge is 0.274 e. The molecule has 0 spiro atoms. The van der Waals surface area contributed by atoms with Crippen LogP contribution in [0.5, 0.6) is 0 Å². The van der Waals surface area contributed by atoms with Crippen LogP contribution in [-0.2, 0) is 6.42 Å². The van der Waals surface area contributed by atoms with E-state index in [0.717, 1.165) is 38.0 Å². The highest BCUT2D eigenvalue weighted by Crippen LogP contribution is 2.24. The summed E-state index contributed by atoms with van der Waals surface area (Å²) in [7, 11) is 0. The highest BCUT2D eigenvalue weighted by atomic mass is 16.2. The minimum absolute atomic E-state index is 0.0149. The Kier molecular flexibility index (Phi) is 5.08. The third kappa shape index (κ3) is 3.55. The first-order valence-electron chi connectivity index (χ1n) is 8.66. The molecule has 1 amide bonds. The second-order valence-electron chi connectivity index (χ2n) is 6.23. The molecule has 0 aliphatic carbocycles. The van der Waals surface area contributed by atoms with Gasteiger partial charge in [0, 0.05) is 18.8 Å². The normalized spacial score (nSPS) is 14.5. The molecule has 1 fully saturated rings. The zero-order valence-electron chi connectivity index (χ0n) is 14.4. The molecule has 24 heavy (non-hydrogen) atoms. The number of hydrogen-bond acceptors (Lipinski definition) is 4. The largest absolute Gasteiger partial charge is 0.339 e. The molecule has 0 radical (unpaired) electrons. The molecule has 1 aromatic carbocycles. The second-order valence-corrected chi connectivity index (χ2v) is 6.23. The minimum atomic E-state index is -0.0149. The predicted octanol–water partition coefficient (Wildman–Crippen LogP) is 3.72. The topological polar surface area (TPSA) is 58.1 Å². The SMILES string of the molecule is CCc1cccc(C)c1Nc1cnc(C(=O)N2CCCCC2)cn1. The number of rotatable bonds is 4. The quantitative estimate of drug-likeness (QED) is 0.931. The molecule has 5 nitrogen and oxygen atoms in total. The van der Waals surface area contributed by atoms with Crippen molar-refractivity contribution in [3.63, 3.8) is 0 Å². The molecule has 1 aliphatic rings. The highest BCUT2D eigenvalue weighted by Gasteiger charge is 2.19. The van der Waals surface area contributed by atoms with E-state index in [0.29, 0.717) is 11.5 Å². The van der Waals surface area contributed by atoms with E-state index in [1.165, 1.54) is 17.5 Å². The average molecular weight is 324 g/mol. The molecule has 0 unspecified atom stereocenters. The van der Waals surface area contributed by atoms with Crippen LogP contribution in [0.3, 0.4) is 0 Å². The Morgan fingerprint density at radius 3 is 2.62 bits per heavy atom. The van der Waals surface area contributed by atoms with Crippen molar-refractivity contribution in [2.24, 2.45) is 0 Å². The molecule has 1 N–H and O–H groups in total. The molecule has 2 aromatic rings. The maximum Gasteiger partial charge on any atom is 0.274 e. The number of benzene rings is 1. The first kappa shape index (κ1) is 16.4. The van der Waals surface area contributed by atoms with Crippen molar-refractivity contribution in [2.75, 3.05) is 18.4 Å². The van der Waals surface area contributed by atoms with Gasteiger partial charge < -0.3 is 10.2 Å². The monoisotopic (exact) mass is 324 g/mol. The first-order valence-corrected chi connectivity index (χ1v) is 8.66. The number of para-hydroxylation sites is 1. The summed E-state index contributed by atoms with van der Waals surface area (Å²) >= 11 is 0. The number of amides is 1. The van der Waals surface area contributed by atoms with Gasteiger partial charge in [-0.1, -0.05) is 25.1 Å². The van der Waals surface area contributed by atoms with Crippen LogP contribution in [0.15, 0.2) is 30.6 Å². The molecule has 0 atom stereocenters. The minimum Gasteiger partial charge on any atom is -0.339 e. The van der Waals surface area contributed by atoms with Gasteiger partial charge in [-0.25, -0.2) is 9.97 Å². The molecular weight excluding hydrogens is 300 g/mol. The number of carbonyl (C=O) groups excluding carboxylic acids is 1. The maximum absolute atomic E-state index is 12.4. The Hall–Kier alpha value is -2.43. The van der Waals surface area contributed by atoms with E-state index >= 15 is 0 Å². The summed E-state index contributed by atoms with van der Waals surface area (Å²) in [5.41, 5.74) is 3.90. The molecular formula is C19H24N4O. The van der Waals surface area contributed by atoms with Crippen LogP contribution >= 0.6 is 0 Å². The van der Waals surface area contributed by atoms with Crippen molar-refractivity contribution in [3.8, 4) is 0 Å². The number of carbonyl (C=O) groups is 1. The summed E-state index contributed by atoms with van der Waals surface area (Å²) in [5, 5.41) is 3.34. The fourth-order valence-corrected chi connectivity index (χ4v) is 3.09. The molecule has 5 heteroatoms. The first-order chi connectivity index (χ1) is 11.7. The second kappa shape index (κ2) is 7.43. The zero-order valence-corrected chi connectivity index (χ0v) is 14.4. The summed E-state index contributed by atoms with van der Waals surface area (Å²) in [6.45, 7) is 5.85. The fraction of sp³-hybridized carbons (Fsp3) is 0.421. The van der Waals surface area contributed by atoms with Crippen LogP contribution in [0.1, 0.15) is 47.8 Å². The molecule has 1 aromatic heterocycles. The summed E-state index contributed by atoms with van der Waals surface area (Å²) in [6.07, 6.45) is 7.52. The van der Waals surface area contributed by atoms with Crippen LogP contribution in [0.25, 0.3) is 0 Å². The number of anilines is 2. The Balaban J connectivity index is 1.74. The summed E-state index contributed by atoms with van der Waals surface area (Å²) < 4.78 is 0. The lowest BCUT2D eigenvalue weighted by molar-refractivity contribution is 0.0718. The number of nitrogens with zero attached hydrogens (tertiary/aromatic N) is 3. The van der Waals surface area contributed by atoms with Gasteiger partial charge in [0.05, 0.1) is 12.4 Å². The van der Waals surface area contributed by atoms with Gasteiger partial charge in [-0.05, 0) is 43.7 Å². The van der Waals surface area contributed by atoms with Crippen LogP contribution in [0.4, 0.5) is 11.5 Å². The standard InChI is InChI=1S/C19H24N4O/c1-3-15-9-7-8-14(2)18(15)22-17-13-20-16(12-21-17)19(24)23-10-5-4-6-11-23/h7-9,12-13H,3-6,10-11H2,1-2H3,(H,21,22). The molecule has 1 saturated heterocycles. The van der Waals surface area contributed by atoms with Crippen molar-refractivity contribution in [3.05, 3.63) is 47.4 Å². The third-order valence-corrected chi connectivity index (χ3v) is 4.51. The van der Waals surface area contributed by atoms with Crippen molar-refractivity contribution < 1.29 is 4.79 Å². The van der Waals surface area contributed by atoms with Gasteiger partial charge in [0.15, 0.2) is 0 Å². The van der Waals surface area contributed by atoms with E-state index in [4.69, 9.17) is 0 Å². The van der Waals surface area contributed by atoms with E-state index in [1.54, 1.807) is 12.4 Å². The zero-order chi connectivity index (χ0) is 16.9. The van der Waals surface area contributed by atoms with E-state index in [9.17, 15) is 4.79 Å². The number of likely N-dealkylation sites (tertiary alicyclic amines) is 1. The molecule has 3 rings (SSSR count). The van der Waals surface area contributed by atoms with Crippen molar-refractivity contribution in [1.82, 2.24) is 14.9 Å². The number of aromatic nitrogens is 2. The van der Waals surface area contributed by atoms with Crippen LogP contribution in [-0.4, -0.2) is 33.9 Å². The van der Waals surface area contributed by atoms with Gasteiger partial charge in [0.1, 0.15) is 11.5 Å². The lowest BCUT2D eigenvalue weighted by atomic mass is 10.1. The summed E-state index contributed by atoms with van der Waals surface area (Å²) in [5.74, 6) is 0.646. The Bertz CT molecular complexity index is 706. The van der Waals surface area contributed by atoms with Crippen LogP contribution in [0, 0.1) is 6.92 Å². The van der Waals surface area contributed by atoms with Crippen molar-refractivity contribution in [2.45, 2.75) is 39.5 Å². The van der Waals surface area contributed by atoms with Gasteiger partial charge in [0.25, 0.3) is 5.91 Å². The lowest BCUT2D eigenvalue weighted by Gasteiger charge is -2.26. The highest BCUT2D eigenvalue weighted by molar-refractivity contribution is 5.92. The average Bonchev–Trinajstić information content (AvgIpc) is 2.64. The fourth-order valence-electron chi connectivity index (χ4n) is 3.09. The summed E-state index contributed by atoms with van der Waals surface area (Å²) in [4.78, 5) is 23.0. The number of piperidine rings is 1. The molecule has 0 bridgehead atoms. The van der Waals surface area contributed by atoms with Crippen molar-refractivity contribution in [1.29, 1.82) is 0 Å². The number of nitrogens with one attached hydrogen (secondary N) is 1. The van der Waals surface area contributed by atoms with Gasteiger partial charge >= 0.3 is 0 Å². The Morgan fingerprint density at radius 1 is 1.17 bits per heavy atom. The molecule has 126 valence electrons. The van der Waals surface area contributed by atoms with Gasteiger partial charge in [-0.3, -0.25) is 4.79 Å². The van der Waals surface area contributed by atoms with E-state index in [1.807, 2.05) is 4.90 Å². The summed E-state index contributed by atoms with van der Waals surface area (Å²) in [6, 6.07) is 6.24. The molecule has 0 saturated carbocycles. The Labute approximate surface area is 143 Å². The van der Waals surface area contributed by atoms with Gasteiger partial charge in [-0.2, -0.15) is 0 Å². The maximum atomic E-state index is 12.4. The number of hydrogen-bond donors (Lipinski definition) is 1. The van der Waals surface area contributed by atoms with Crippen LogP contribution in [0.2, 0.25) is 0 Å². The van der Waals surface area contributed by atoms with Gasteiger partial charge in [-0.15, -0.1) is 0 Å². The number of aryl methyl sites for hydroxylation is 2. The molecule has 1 aliphatic heterocycles. The third-order valence-electron chi connectivity index (χ3n) is 4.51. The lowest BCUT2D eigenvalue weighted by Crippen LogP contribution is -2.36. The van der Waals surface area contributed by atoms with E-state index in [-0.39, 0.29) is 5.91 Å². The van der Waals surface area contributed by atoms with Crippen LogP contribution < -0.4 is 5.32 Å². The van der Waals surface area contributed by atoms with Crippen molar-refractivity contribution >= 4 is 17.4 Å². The van der Waals surface area contributed by atoms with E-state index in [2.05, 4.69) is 47.3 Å².